The minimum absolute atomic E-state index is 0.313. The van der Waals surface area contributed by atoms with Crippen molar-refractivity contribution in [3.05, 3.63) is 35.6 Å². The van der Waals surface area contributed by atoms with Gasteiger partial charge in [0.2, 0.25) is 0 Å². The van der Waals surface area contributed by atoms with Gasteiger partial charge in [-0.05, 0) is 12.5 Å². The second-order valence-electron chi connectivity index (χ2n) is 4.14. The van der Waals surface area contributed by atoms with Gasteiger partial charge in [-0.25, -0.2) is 4.39 Å². The van der Waals surface area contributed by atoms with Crippen molar-refractivity contribution < 1.29 is 24.2 Å². The van der Waals surface area contributed by atoms with Crippen LogP contribution in [0.3, 0.4) is 0 Å². The zero-order valence-corrected chi connectivity index (χ0v) is 10.5. The number of hydrogen-bond acceptors (Lipinski definition) is 3. The summed E-state index contributed by atoms with van der Waals surface area (Å²) >= 11 is 0. The van der Waals surface area contributed by atoms with Gasteiger partial charge in [0.05, 0.1) is 13.1 Å². The van der Waals surface area contributed by atoms with Crippen LogP contribution in [0.4, 0.5) is 4.39 Å². The first-order valence-corrected chi connectivity index (χ1v) is 5.87. The Hall–Kier alpha value is -1.95. The molecule has 1 aromatic rings. The van der Waals surface area contributed by atoms with E-state index in [2.05, 4.69) is 0 Å². The number of carbonyl (C=O) groups is 2. The van der Waals surface area contributed by atoms with E-state index >= 15 is 0 Å². The maximum atomic E-state index is 13.7. The van der Waals surface area contributed by atoms with Crippen LogP contribution >= 0.6 is 0 Å². The quantitative estimate of drug-likeness (QED) is 0.788. The molecule has 5 nitrogen and oxygen atoms in total. The summed E-state index contributed by atoms with van der Waals surface area (Å²) in [5.74, 6) is -2.75. The maximum absolute atomic E-state index is 13.7. The fraction of sp³-hybridized carbons (Fsp3) is 0.385. The van der Waals surface area contributed by atoms with Gasteiger partial charge in [-0.15, -0.1) is 0 Å². The Labute approximate surface area is 110 Å². The second kappa shape index (κ2) is 6.84. The molecule has 19 heavy (non-hydrogen) atoms. The molecule has 0 spiro atoms. The zero-order chi connectivity index (χ0) is 14.4. The summed E-state index contributed by atoms with van der Waals surface area (Å²) in [6.07, 6.45) is 0.418. The highest BCUT2D eigenvalue weighted by Gasteiger charge is 2.25. The molecule has 0 radical (unpaired) electrons. The van der Waals surface area contributed by atoms with Gasteiger partial charge < -0.3 is 10.2 Å². The molecule has 0 aliphatic heterocycles. The van der Waals surface area contributed by atoms with Gasteiger partial charge in [0, 0.05) is 11.6 Å². The fourth-order valence-electron chi connectivity index (χ4n) is 2.04. The van der Waals surface area contributed by atoms with E-state index in [-0.39, 0.29) is 0 Å². The van der Waals surface area contributed by atoms with Crippen LogP contribution in [0, 0.1) is 5.82 Å². The molecule has 0 aliphatic rings. The maximum Gasteiger partial charge on any atom is 0.317 e. The highest BCUT2D eigenvalue weighted by molar-refractivity contribution is 5.72. The Morgan fingerprint density at radius 2 is 1.74 bits per heavy atom. The standard InChI is InChI=1S/C13H16FNO4/c1-2-11(9-5-3-4-6-10(9)14)15(7-12(16)17)8-13(18)19/h3-6,11H,2,7-8H2,1H3,(H,16,17)(H,18,19). The van der Waals surface area contributed by atoms with Gasteiger partial charge >= 0.3 is 11.9 Å². The lowest BCUT2D eigenvalue weighted by molar-refractivity contribution is -0.143. The van der Waals surface area contributed by atoms with Gasteiger partial charge in [-0.2, -0.15) is 0 Å². The van der Waals surface area contributed by atoms with Crippen molar-refractivity contribution >= 4 is 11.9 Å². The van der Waals surface area contributed by atoms with Gasteiger partial charge in [0.15, 0.2) is 0 Å². The minimum Gasteiger partial charge on any atom is -0.480 e. The molecule has 0 aliphatic carbocycles. The lowest BCUT2D eigenvalue weighted by atomic mass is 10.0. The molecule has 6 heteroatoms. The molecule has 0 saturated heterocycles. The van der Waals surface area contributed by atoms with E-state index in [1.807, 2.05) is 0 Å². The zero-order valence-electron chi connectivity index (χ0n) is 10.5. The molecule has 1 unspecified atom stereocenters. The number of rotatable bonds is 7. The molecule has 104 valence electrons. The van der Waals surface area contributed by atoms with Crippen LogP contribution in [0.25, 0.3) is 0 Å². The number of hydrogen-bond donors (Lipinski definition) is 2. The van der Waals surface area contributed by atoms with E-state index in [1.165, 1.54) is 17.0 Å². The van der Waals surface area contributed by atoms with Crippen molar-refractivity contribution in [1.29, 1.82) is 0 Å². The molecule has 0 aromatic heterocycles. The Bertz CT molecular complexity index is 448. The third-order valence-corrected chi connectivity index (χ3v) is 2.77. The topological polar surface area (TPSA) is 77.8 Å². The van der Waals surface area contributed by atoms with E-state index in [4.69, 9.17) is 10.2 Å². The van der Waals surface area contributed by atoms with Crippen LogP contribution in [-0.2, 0) is 9.59 Å². The van der Waals surface area contributed by atoms with E-state index < -0.39 is 36.9 Å². The second-order valence-corrected chi connectivity index (χ2v) is 4.14. The Balaban J connectivity index is 3.05. The van der Waals surface area contributed by atoms with Crippen LogP contribution in [0.15, 0.2) is 24.3 Å². The van der Waals surface area contributed by atoms with Crippen LogP contribution < -0.4 is 0 Å². The third kappa shape index (κ3) is 4.33. The summed E-state index contributed by atoms with van der Waals surface area (Å²) in [6, 6.07) is 5.41. The molecule has 2 N–H and O–H groups in total. The highest BCUT2D eigenvalue weighted by Crippen LogP contribution is 2.26. The first kappa shape index (κ1) is 15.1. The first-order chi connectivity index (χ1) is 8.95. The predicted octanol–water partition coefficient (Wildman–Crippen LogP) is 1.75. The molecule has 0 amide bonds. The van der Waals surface area contributed by atoms with E-state index in [9.17, 15) is 14.0 Å². The molecule has 0 saturated carbocycles. The average molecular weight is 269 g/mol. The molecule has 0 heterocycles. The monoisotopic (exact) mass is 269 g/mol. The lowest BCUT2D eigenvalue weighted by Gasteiger charge is -2.28. The fourth-order valence-corrected chi connectivity index (χ4v) is 2.04. The molecule has 0 bridgehead atoms. The number of benzene rings is 1. The Kier molecular flexibility index (Phi) is 5.44. The van der Waals surface area contributed by atoms with E-state index in [0.29, 0.717) is 12.0 Å². The van der Waals surface area contributed by atoms with Crippen LogP contribution in [0.5, 0.6) is 0 Å². The Morgan fingerprint density at radius 3 is 2.16 bits per heavy atom. The molecule has 1 atom stereocenters. The number of carboxylic acids is 2. The van der Waals surface area contributed by atoms with Crippen molar-refractivity contribution in [2.45, 2.75) is 19.4 Å². The minimum atomic E-state index is -1.14. The van der Waals surface area contributed by atoms with Crippen molar-refractivity contribution in [1.82, 2.24) is 4.90 Å². The summed E-state index contributed by atoms with van der Waals surface area (Å²) in [7, 11) is 0. The number of aliphatic carboxylic acids is 2. The number of carboxylic acid groups (broad SMARTS) is 2. The summed E-state index contributed by atoms with van der Waals surface area (Å²) in [5, 5.41) is 17.7. The van der Waals surface area contributed by atoms with Crippen molar-refractivity contribution in [2.24, 2.45) is 0 Å². The molecular weight excluding hydrogens is 253 g/mol. The van der Waals surface area contributed by atoms with Crippen molar-refractivity contribution in [3.8, 4) is 0 Å². The van der Waals surface area contributed by atoms with Crippen LogP contribution in [0.1, 0.15) is 24.9 Å². The van der Waals surface area contributed by atoms with Gasteiger partial charge in [-0.3, -0.25) is 14.5 Å². The van der Waals surface area contributed by atoms with Gasteiger partial charge in [0.1, 0.15) is 5.82 Å². The van der Waals surface area contributed by atoms with Gasteiger partial charge in [-0.1, -0.05) is 25.1 Å². The normalized spacial score (nSPS) is 12.4. The van der Waals surface area contributed by atoms with E-state index in [1.54, 1.807) is 19.1 Å². The Morgan fingerprint density at radius 1 is 1.21 bits per heavy atom. The summed E-state index contributed by atoms with van der Waals surface area (Å²) in [6.45, 7) is 0.867. The summed E-state index contributed by atoms with van der Waals surface area (Å²) in [4.78, 5) is 22.8. The molecule has 1 rings (SSSR count). The van der Waals surface area contributed by atoms with E-state index in [0.717, 1.165) is 0 Å². The van der Waals surface area contributed by atoms with Crippen LogP contribution in [-0.4, -0.2) is 40.1 Å². The van der Waals surface area contributed by atoms with Crippen molar-refractivity contribution in [3.63, 3.8) is 0 Å². The third-order valence-electron chi connectivity index (χ3n) is 2.77. The smallest absolute Gasteiger partial charge is 0.317 e. The van der Waals surface area contributed by atoms with Crippen LogP contribution in [0.2, 0.25) is 0 Å². The number of nitrogens with zero attached hydrogens (tertiary/aromatic N) is 1. The average Bonchev–Trinajstić information content (AvgIpc) is 2.30. The predicted molar refractivity (Wildman–Crippen MR) is 66.3 cm³/mol. The summed E-state index contributed by atoms with van der Waals surface area (Å²) in [5.41, 5.74) is 0.313. The molecule has 1 aromatic carbocycles. The summed E-state index contributed by atoms with van der Waals surface area (Å²) < 4.78 is 13.7. The number of halogens is 1. The molecular formula is C13H16FNO4. The highest BCUT2D eigenvalue weighted by atomic mass is 19.1. The largest absolute Gasteiger partial charge is 0.480 e. The van der Waals surface area contributed by atoms with Crippen molar-refractivity contribution in [2.75, 3.05) is 13.1 Å². The van der Waals surface area contributed by atoms with Gasteiger partial charge in [0.25, 0.3) is 0 Å². The first-order valence-electron chi connectivity index (χ1n) is 5.87. The molecule has 0 fully saturated rings. The SMILES string of the molecule is CCC(c1ccccc1F)N(CC(=O)O)CC(=O)O. The lowest BCUT2D eigenvalue weighted by Crippen LogP contribution is -2.37.